The van der Waals surface area contributed by atoms with Crippen molar-refractivity contribution in [2.45, 2.75) is 38.0 Å². The fourth-order valence-electron chi connectivity index (χ4n) is 4.35. The molecule has 3 aliphatic heterocycles. The second-order valence-corrected chi connectivity index (χ2v) is 7.09. The predicted molar refractivity (Wildman–Crippen MR) is 86.1 cm³/mol. The molecule has 4 atom stereocenters. The number of nitrogens with zero attached hydrogens (tertiary/aromatic N) is 3. The minimum Gasteiger partial charge on any atom is -0.370 e. The Kier molecular flexibility index (Phi) is 4.07. The van der Waals surface area contributed by atoms with Gasteiger partial charge in [0.15, 0.2) is 0 Å². The van der Waals surface area contributed by atoms with Gasteiger partial charge in [-0.05, 0) is 38.8 Å². The molecule has 0 amide bonds. The summed E-state index contributed by atoms with van der Waals surface area (Å²) in [6.45, 7) is 8.78. The Labute approximate surface area is 132 Å². The number of aromatic nitrogens is 2. The van der Waals surface area contributed by atoms with Crippen LogP contribution in [-0.2, 0) is 4.74 Å². The minimum absolute atomic E-state index is 0.277. The molecule has 0 saturated carbocycles. The van der Waals surface area contributed by atoms with Gasteiger partial charge in [0.05, 0.1) is 24.1 Å². The number of H-pyrrole nitrogens is 1. The first kappa shape index (κ1) is 14.5. The van der Waals surface area contributed by atoms with E-state index in [1.165, 1.54) is 38.2 Å². The Morgan fingerprint density at radius 1 is 1.32 bits per heavy atom. The van der Waals surface area contributed by atoms with Gasteiger partial charge in [0.25, 0.3) is 0 Å². The monoisotopic (exact) mass is 305 g/mol. The summed E-state index contributed by atoms with van der Waals surface area (Å²) in [6.07, 6.45) is 7.09. The molecular weight excluding hydrogens is 278 g/mol. The lowest BCUT2D eigenvalue weighted by molar-refractivity contribution is -0.0377. The number of piperidine rings is 1. The number of morpholine rings is 1. The average Bonchev–Trinajstić information content (AvgIpc) is 3.18. The van der Waals surface area contributed by atoms with E-state index in [0.29, 0.717) is 6.10 Å². The lowest BCUT2D eigenvalue weighted by atomic mass is 9.93. The molecule has 0 aromatic carbocycles. The number of likely N-dealkylation sites (tertiary alicyclic amines) is 1. The zero-order chi connectivity index (χ0) is 14.9. The Morgan fingerprint density at radius 2 is 2.27 bits per heavy atom. The number of hydrogen-bond acceptors (Lipinski definition) is 5. The van der Waals surface area contributed by atoms with Crippen molar-refractivity contribution >= 4 is 5.69 Å². The molecule has 3 fully saturated rings. The van der Waals surface area contributed by atoms with Crippen LogP contribution in [0.1, 0.15) is 19.8 Å². The van der Waals surface area contributed by atoms with Gasteiger partial charge in [-0.3, -0.25) is 5.10 Å². The fourth-order valence-corrected chi connectivity index (χ4v) is 4.35. The summed E-state index contributed by atoms with van der Waals surface area (Å²) >= 11 is 0. The van der Waals surface area contributed by atoms with E-state index in [4.69, 9.17) is 4.74 Å². The van der Waals surface area contributed by atoms with Gasteiger partial charge < -0.3 is 19.9 Å². The number of fused-ring (bicyclic) bond motifs is 1. The molecule has 6 heteroatoms. The molecule has 4 rings (SSSR count). The second-order valence-electron chi connectivity index (χ2n) is 7.09. The molecule has 2 N–H and O–H groups in total. The molecule has 2 unspecified atom stereocenters. The van der Waals surface area contributed by atoms with E-state index in [1.807, 2.05) is 12.4 Å². The largest absolute Gasteiger partial charge is 0.370 e. The first-order valence-corrected chi connectivity index (χ1v) is 8.63. The number of nitrogens with one attached hydrogen (secondary N) is 2. The number of ether oxygens (including phenoxy) is 1. The summed E-state index contributed by atoms with van der Waals surface area (Å²) in [5.41, 5.74) is 1.18. The summed E-state index contributed by atoms with van der Waals surface area (Å²) in [7, 11) is 0. The molecule has 3 saturated heterocycles. The molecule has 22 heavy (non-hydrogen) atoms. The lowest BCUT2D eigenvalue weighted by Gasteiger charge is -2.41. The molecule has 3 aliphatic rings. The topological polar surface area (TPSA) is 56.4 Å². The minimum atomic E-state index is 0.277. The Balaban J connectivity index is 1.35. The summed E-state index contributed by atoms with van der Waals surface area (Å²) in [6, 6.07) is 0.768. The third kappa shape index (κ3) is 3.00. The van der Waals surface area contributed by atoms with Crippen LogP contribution in [0.4, 0.5) is 5.69 Å². The van der Waals surface area contributed by atoms with Gasteiger partial charge in [-0.1, -0.05) is 0 Å². The molecular formula is C16H27N5O. The van der Waals surface area contributed by atoms with Crippen LogP contribution in [0.15, 0.2) is 12.4 Å². The Morgan fingerprint density at radius 3 is 3.14 bits per heavy atom. The highest BCUT2D eigenvalue weighted by Gasteiger charge is 2.34. The van der Waals surface area contributed by atoms with E-state index in [9.17, 15) is 0 Å². The highest BCUT2D eigenvalue weighted by atomic mass is 16.5. The summed E-state index contributed by atoms with van der Waals surface area (Å²) in [4.78, 5) is 5.01. The highest BCUT2D eigenvalue weighted by molar-refractivity contribution is 5.42. The van der Waals surface area contributed by atoms with E-state index < -0.39 is 0 Å². The summed E-state index contributed by atoms with van der Waals surface area (Å²) in [5, 5.41) is 10.6. The van der Waals surface area contributed by atoms with Gasteiger partial charge in [-0.15, -0.1) is 0 Å². The maximum Gasteiger partial charge on any atom is 0.0881 e. The molecule has 1 aromatic heterocycles. The average molecular weight is 305 g/mol. The zero-order valence-corrected chi connectivity index (χ0v) is 13.4. The predicted octanol–water partition coefficient (Wildman–Crippen LogP) is 0.687. The van der Waals surface area contributed by atoms with E-state index in [2.05, 4.69) is 32.2 Å². The van der Waals surface area contributed by atoms with E-state index in [-0.39, 0.29) is 6.10 Å². The third-order valence-electron chi connectivity index (χ3n) is 5.38. The molecule has 1 aromatic rings. The lowest BCUT2D eigenvalue weighted by Crippen LogP contribution is -2.53. The SMILES string of the molecule is C[C@@H]1CN(c2cn[nH]c2)C[C@H](CN2CCC3NCCC3C2)O1. The van der Waals surface area contributed by atoms with Crippen molar-refractivity contribution in [3.8, 4) is 0 Å². The van der Waals surface area contributed by atoms with Crippen molar-refractivity contribution in [1.82, 2.24) is 20.4 Å². The van der Waals surface area contributed by atoms with Gasteiger partial charge in [0, 0.05) is 38.4 Å². The third-order valence-corrected chi connectivity index (χ3v) is 5.38. The van der Waals surface area contributed by atoms with Crippen LogP contribution >= 0.6 is 0 Å². The quantitative estimate of drug-likeness (QED) is 0.860. The van der Waals surface area contributed by atoms with E-state index >= 15 is 0 Å². The summed E-state index contributed by atoms with van der Waals surface area (Å²) < 4.78 is 6.20. The number of hydrogen-bond donors (Lipinski definition) is 2. The van der Waals surface area contributed by atoms with Gasteiger partial charge in [-0.25, -0.2) is 0 Å². The van der Waals surface area contributed by atoms with Gasteiger partial charge in [-0.2, -0.15) is 5.10 Å². The van der Waals surface area contributed by atoms with Crippen LogP contribution in [0.5, 0.6) is 0 Å². The van der Waals surface area contributed by atoms with Gasteiger partial charge in [0.1, 0.15) is 0 Å². The first-order chi connectivity index (χ1) is 10.8. The zero-order valence-electron chi connectivity index (χ0n) is 13.4. The van der Waals surface area contributed by atoms with Crippen molar-refractivity contribution in [2.24, 2.45) is 5.92 Å². The van der Waals surface area contributed by atoms with Crippen molar-refractivity contribution in [2.75, 3.05) is 44.2 Å². The van der Waals surface area contributed by atoms with E-state index in [1.54, 1.807) is 0 Å². The second kappa shape index (κ2) is 6.18. The standard InChI is InChI=1S/C16H27N5O/c1-12-8-21(14-6-18-19-7-14)11-15(22-12)10-20-5-3-16-13(9-20)2-4-17-16/h6-7,12-13,15-17H,2-5,8-11H2,1H3,(H,18,19)/t12-,13?,15+,16?/m1/s1. The van der Waals surface area contributed by atoms with Gasteiger partial charge in [0.2, 0.25) is 0 Å². The first-order valence-electron chi connectivity index (χ1n) is 8.63. The van der Waals surface area contributed by atoms with Crippen LogP contribution in [0.2, 0.25) is 0 Å². The maximum absolute atomic E-state index is 6.20. The van der Waals surface area contributed by atoms with Crippen LogP contribution < -0.4 is 10.2 Å². The van der Waals surface area contributed by atoms with Crippen molar-refractivity contribution in [1.29, 1.82) is 0 Å². The van der Waals surface area contributed by atoms with Crippen molar-refractivity contribution in [3.05, 3.63) is 12.4 Å². The number of anilines is 1. The summed E-state index contributed by atoms with van der Waals surface area (Å²) in [5.74, 6) is 0.847. The van der Waals surface area contributed by atoms with Crippen LogP contribution in [0, 0.1) is 5.92 Å². The molecule has 122 valence electrons. The van der Waals surface area contributed by atoms with E-state index in [0.717, 1.165) is 31.6 Å². The number of aromatic amines is 1. The van der Waals surface area contributed by atoms with Crippen LogP contribution in [0.25, 0.3) is 0 Å². The molecule has 0 aliphatic carbocycles. The maximum atomic E-state index is 6.20. The number of rotatable bonds is 3. The van der Waals surface area contributed by atoms with Gasteiger partial charge >= 0.3 is 0 Å². The highest BCUT2D eigenvalue weighted by Crippen LogP contribution is 2.26. The molecule has 0 radical (unpaired) electrons. The Bertz CT molecular complexity index is 479. The molecule has 4 heterocycles. The van der Waals surface area contributed by atoms with Crippen molar-refractivity contribution < 1.29 is 4.74 Å². The smallest absolute Gasteiger partial charge is 0.0881 e. The Hall–Kier alpha value is -1.11. The van der Waals surface area contributed by atoms with Crippen molar-refractivity contribution in [3.63, 3.8) is 0 Å². The molecule has 0 spiro atoms. The van der Waals surface area contributed by atoms with Crippen LogP contribution in [0.3, 0.4) is 0 Å². The normalized spacial score (nSPS) is 36.5. The fraction of sp³-hybridized carbons (Fsp3) is 0.812. The molecule has 0 bridgehead atoms. The molecule has 6 nitrogen and oxygen atoms in total. The van der Waals surface area contributed by atoms with Crippen LogP contribution in [-0.4, -0.2) is 72.6 Å².